The van der Waals surface area contributed by atoms with Crippen molar-refractivity contribution in [2.75, 3.05) is 13.1 Å². The highest BCUT2D eigenvalue weighted by molar-refractivity contribution is 5.21. The fourth-order valence-corrected chi connectivity index (χ4v) is 2.88. The zero-order valence-corrected chi connectivity index (χ0v) is 11.7. The molecule has 0 spiro atoms. The van der Waals surface area contributed by atoms with E-state index in [0.29, 0.717) is 12.0 Å². The molecule has 0 bridgehead atoms. The maximum Gasteiger partial charge on any atom is 0.0233 e. The van der Waals surface area contributed by atoms with Crippen molar-refractivity contribution in [3.63, 3.8) is 0 Å². The minimum Gasteiger partial charge on any atom is -0.327 e. The maximum atomic E-state index is 6.24. The lowest BCUT2D eigenvalue weighted by Gasteiger charge is -2.20. The number of hydrogen-bond donors (Lipinski definition) is 1. The Morgan fingerprint density at radius 2 is 2.06 bits per heavy atom. The van der Waals surface area contributed by atoms with E-state index in [2.05, 4.69) is 43.0 Å². The summed E-state index contributed by atoms with van der Waals surface area (Å²) in [5.41, 5.74) is 9.00. The third-order valence-electron chi connectivity index (χ3n) is 4.06. The average molecular weight is 246 g/mol. The van der Waals surface area contributed by atoms with E-state index in [0.717, 1.165) is 6.54 Å². The van der Waals surface area contributed by atoms with Crippen LogP contribution in [0.3, 0.4) is 0 Å². The number of likely N-dealkylation sites (tertiary alicyclic amines) is 1. The van der Waals surface area contributed by atoms with E-state index in [1.165, 1.54) is 43.5 Å². The van der Waals surface area contributed by atoms with E-state index in [9.17, 15) is 0 Å². The second-order valence-electron chi connectivity index (χ2n) is 5.72. The molecule has 2 atom stereocenters. The summed E-state index contributed by atoms with van der Waals surface area (Å²) in [5, 5.41) is 0. The van der Waals surface area contributed by atoms with Crippen molar-refractivity contribution in [1.29, 1.82) is 0 Å². The number of nitrogens with zero attached hydrogens (tertiary/aromatic N) is 1. The van der Waals surface area contributed by atoms with Crippen molar-refractivity contribution >= 4 is 0 Å². The molecule has 2 N–H and O–H groups in total. The van der Waals surface area contributed by atoms with Gasteiger partial charge >= 0.3 is 0 Å². The first kappa shape index (κ1) is 13.6. The van der Waals surface area contributed by atoms with E-state index in [-0.39, 0.29) is 0 Å². The minimum absolute atomic E-state index is 0.401. The van der Waals surface area contributed by atoms with Gasteiger partial charge in [0.25, 0.3) is 0 Å². The van der Waals surface area contributed by atoms with Crippen molar-refractivity contribution in [3.8, 4) is 0 Å². The number of benzene rings is 1. The molecule has 1 heterocycles. The van der Waals surface area contributed by atoms with Crippen LogP contribution in [-0.2, 0) is 6.54 Å². The molecule has 2 nitrogen and oxygen atoms in total. The SMILES string of the molecule is CCCC(N)C1CCN(Cc2ccc(C)cc2)C1. The standard InChI is InChI=1S/C16H26N2/c1-3-4-16(17)15-9-10-18(12-15)11-14-7-5-13(2)6-8-14/h5-8,15-16H,3-4,9-12,17H2,1-2H3. The van der Waals surface area contributed by atoms with Crippen molar-refractivity contribution in [1.82, 2.24) is 4.90 Å². The number of hydrogen-bond acceptors (Lipinski definition) is 2. The third kappa shape index (κ3) is 3.56. The van der Waals surface area contributed by atoms with Gasteiger partial charge in [-0.25, -0.2) is 0 Å². The molecule has 2 rings (SSSR count). The number of nitrogens with two attached hydrogens (primary N) is 1. The molecule has 1 aliphatic rings. The summed E-state index contributed by atoms with van der Waals surface area (Å²) in [6.07, 6.45) is 3.64. The van der Waals surface area contributed by atoms with Crippen molar-refractivity contribution in [2.24, 2.45) is 11.7 Å². The lowest BCUT2D eigenvalue weighted by Crippen LogP contribution is -2.32. The zero-order valence-electron chi connectivity index (χ0n) is 11.7. The second kappa shape index (κ2) is 6.35. The molecule has 0 amide bonds. The van der Waals surface area contributed by atoms with E-state index >= 15 is 0 Å². The first-order valence-corrected chi connectivity index (χ1v) is 7.22. The van der Waals surface area contributed by atoms with Crippen LogP contribution in [0.25, 0.3) is 0 Å². The summed E-state index contributed by atoms with van der Waals surface area (Å²) in [5.74, 6) is 0.704. The van der Waals surface area contributed by atoms with Gasteiger partial charge in [-0.15, -0.1) is 0 Å². The Hall–Kier alpha value is -0.860. The highest BCUT2D eigenvalue weighted by Crippen LogP contribution is 2.22. The van der Waals surface area contributed by atoms with Gasteiger partial charge in [0, 0.05) is 19.1 Å². The quantitative estimate of drug-likeness (QED) is 0.865. The van der Waals surface area contributed by atoms with Crippen LogP contribution in [0, 0.1) is 12.8 Å². The third-order valence-corrected chi connectivity index (χ3v) is 4.06. The molecule has 18 heavy (non-hydrogen) atoms. The van der Waals surface area contributed by atoms with E-state index in [4.69, 9.17) is 5.73 Å². The van der Waals surface area contributed by atoms with E-state index in [1.807, 2.05) is 0 Å². The highest BCUT2D eigenvalue weighted by atomic mass is 15.1. The highest BCUT2D eigenvalue weighted by Gasteiger charge is 2.26. The molecular weight excluding hydrogens is 220 g/mol. The fourth-order valence-electron chi connectivity index (χ4n) is 2.88. The van der Waals surface area contributed by atoms with Gasteiger partial charge in [0.05, 0.1) is 0 Å². The summed E-state index contributed by atoms with van der Waals surface area (Å²) in [6.45, 7) is 7.82. The Morgan fingerprint density at radius 3 is 2.72 bits per heavy atom. The molecule has 1 aromatic carbocycles. The van der Waals surface area contributed by atoms with E-state index in [1.54, 1.807) is 0 Å². The van der Waals surface area contributed by atoms with Gasteiger partial charge in [0.15, 0.2) is 0 Å². The van der Waals surface area contributed by atoms with Gasteiger partial charge in [-0.3, -0.25) is 4.90 Å². The van der Waals surface area contributed by atoms with Gasteiger partial charge in [-0.2, -0.15) is 0 Å². The monoisotopic (exact) mass is 246 g/mol. The molecule has 0 aliphatic carbocycles. The van der Waals surface area contributed by atoms with Crippen LogP contribution in [0.15, 0.2) is 24.3 Å². The average Bonchev–Trinajstić information content (AvgIpc) is 2.81. The topological polar surface area (TPSA) is 29.3 Å². The minimum atomic E-state index is 0.401. The Bertz CT molecular complexity index is 358. The van der Waals surface area contributed by atoms with Gasteiger partial charge in [0.1, 0.15) is 0 Å². The lowest BCUT2D eigenvalue weighted by molar-refractivity contribution is 0.302. The summed E-state index contributed by atoms with van der Waals surface area (Å²) < 4.78 is 0. The number of aryl methyl sites for hydroxylation is 1. The molecule has 0 saturated carbocycles. The molecule has 2 unspecified atom stereocenters. The summed E-state index contributed by atoms with van der Waals surface area (Å²) in [7, 11) is 0. The molecule has 100 valence electrons. The predicted octanol–water partition coefficient (Wildman–Crippen LogP) is 2.94. The second-order valence-corrected chi connectivity index (χ2v) is 5.72. The van der Waals surface area contributed by atoms with Gasteiger partial charge in [-0.1, -0.05) is 43.2 Å². The van der Waals surface area contributed by atoms with Crippen molar-refractivity contribution in [2.45, 2.75) is 45.7 Å². The van der Waals surface area contributed by atoms with Crippen LogP contribution in [0.2, 0.25) is 0 Å². The smallest absolute Gasteiger partial charge is 0.0233 e. The molecule has 2 heteroatoms. The van der Waals surface area contributed by atoms with Gasteiger partial charge in [-0.05, 0) is 37.8 Å². The van der Waals surface area contributed by atoms with E-state index < -0.39 is 0 Å². The van der Waals surface area contributed by atoms with Crippen LogP contribution in [-0.4, -0.2) is 24.0 Å². The first-order chi connectivity index (χ1) is 8.69. The van der Waals surface area contributed by atoms with Crippen molar-refractivity contribution < 1.29 is 0 Å². The largest absolute Gasteiger partial charge is 0.327 e. The van der Waals surface area contributed by atoms with Crippen LogP contribution >= 0.6 is 0 Å². The Balaban J connectivity index is 1.84. The molecule has 1 aliphatic heterocycles. The Labute approximate surface area is 111 Å². The Morgan fingerprint density at radius 1 is 1.33 bits per heavy atom. The fraction of sp³-hybridized carbons (Fsp3) is 0.625. The van der Waals surface area contributed by atoms with Crippen LogP contribution < -0.4 is 5.73 Å². The number of rotatable bonds is 5. The first-order valence-electron chi connectivity index (χ1n) is 7.22. The molecule has 0 radical (unpaired) electrons. The molecule has 1 aromatic rings. The van der Waals surface area contributed by atoms with Gasteiger partial charge in [0.2, 0.25) is 0 Å². The van der Waals surface area contributed by atoms with Gasteiger partial charge < -0.3 is 5.73 Å². The molecule has 0 aromatic heterocycles. The maximum absolute atomic E-state index is 6.24. The van der Waals surface area contributed by atoms with Crippen LogP contribution in [0.5, 0.6) is 0 Å². The predicted molar refractivity (Wildman–Crippen MR) is 77.4 cm³/mol. The zero-order chi connectivity index (χ0) is 13.0. The molecule has 1 fully saturated rings. The van der Waals surface area contributed by atoms with Crippen LogP contribution in [0.4, 0.5) is 0 Å². The molecular formula is C16H26N2. The summed E-state index contributed by atoms with van der Waals surface area (Å²) >= 11 is 0. The summed E-state index contributed by atoms with van der Waals surface area (Å²) in [4.78, 5) is 2.55. The van der Waals surface area contributed by atoms with Crippen LogP contribution in [0.1, 0.15) is 37.3 Å². The normalized spacial score (nSPS) is 22.3. The Kier molecular flexibility index (Phi) is 4.79. The summed E-state index contributed by atoms with van der Waals surface area (Å²) in [6, 6.07) is 9.29. The lowest BCUT2D eigenvalue weighted by atomic mass is 9.96. The van der Waals surface area contributed by atoms with Crippen molar-refractivity contribution in [3.05, 3.63) is 35.4 Å². The molecule has 1 saturated heterocycles.